The van der Waals surface area contributed by atoms with E-state index in [0.717, 1.165) is 37.1 Å². The van der Waals surface area contributed by atoms with Crippen molar-refractivity contribution in [2.75, 3.05) is 19.6 Å². The minimum Gasteiger partial charge on any atom is -0.355 e. The number of carbonyl (C=O) groups excluding carboxylic acids is 2. The van der Waals surface area contributed by atoms with E-state index in [1.807, 2.05) is 24.3 Å². The van der Waals surface area contributed by atoms with Crippen LogP contribution in [0.5, 0.6) is 0 Å². The van der Waals surface area contributed by atoms with Crippen LogP contribution >= 0.6 is 11.6 Å². The summed E-state index contributed by atoms with van der Waals surface area (Å²) in [6, 6.07) is 12.0. The van der Waals surface area contributed by atoms with Crippen molar-refractivity contribution in [1.29, 1.82) is 0 Å². The molecule has 2 aliphatic rings. The number of nitrogens with one attached hydrogen (secondary N) is 2. The number of amides is 2. The van der Waals surface area contributed by atoms with E-state index >= 15 is 0 Å². The Kier molecular flexibility index (Phi) is 9.11. The van der Waals surface area contributed by atoms with Gasteiger partial charge in [-0.3, -0.25) is 14.5 Å². The SMILES string of the molecule is O=C(NC1CCN(C2CCCCC2)CC1C(=O)NCCc1ccccc1Cl)c1cc(-c2ccc(F)cc2F)on1. The molecule has 0 radical (unpaired) electrons. The van der Waals surface area contributed by atoms with Gasteiger partial charge in [0.2, 0.25) is 5.91 Å². The van der Waals surface area contributed by atoms with Crippen LogP contribution in [0, 0.1) is 17.6 Å². The predicted molar refractivity (Wildman–Crippen MR) is 148 cm³/mol. The highest BCUT2D eigenvalue weighted by Crippen LogP contribution is 2.29. The van der Waals surface area contributed by atoms with Gasteiger partial charge in [0.1, 0.15) is 11.6 Å². The Morgan fingerprint density at radius 1 is 1.05 bits per heavy atom. The highest BCUT2D eigenvalue weighted by molar-refractivity contribution is 6.31. The van der Waals surface area contributed by atoms with E-state index in [1.54, 1.807) is 0 Å². The minimum atomic E-state index is -0.813. The molecule has 0 spiro atoms. The maximum absolute atomic E-state index is 14.2. The first-order chi connectivity index (χ1) is 19.4. The topological polar surface area (TPSA) is 87.5 Å². The van der Waals surface area contributed by atoms with E-state index in [1.165, 1.54) is 31.4 Å². The third-order valence-electron chi connectivity index (χ3n) is 7.98. The number of halogens is 3. The highest BCUT2D eigenvalue weighted by Gasteiger charge is 2.38. The van der Waals surface area contributed by atoms with Gasteiger partial charge >= 0.3 is 0 Å². The standard InChI is InChI=1S/C30H33ClF2N4O3/c31-24-9-5-4-6-19(24)12-14-34-29(38)23-18-37(21-7-2-1-3-8-21)15-13-26(23)35-30(39)27-17-28(40-36-27)22-11-10-20(32)16-25(22)33/h4-6,9-11,16-17,21,23,26H,1-3,7-8,12-15,18H2,(H,34,38)(H,35,39). The van der Waals surface area contributed by atoms with Crippen LogP contribution in [0.15, 0.2) is 53.1 Å². The van der Waals surface area contributed by atoms with E-state index in [-0.39, 0.29) is 22.9 Å². The van der Waals surface area contributed by atoms with Gasteiger partial charge in [-0.25, -0.2) is 8.78 Å². The van der Waals surface area contributed by atoms with Crippen molar-refractivity contribution in [2.24, 2.45) is 5.92 Å². The Bertz CT molecular complexity index is 1340. The molecule has 1 aliphatic carbocycles. The Morgan fingerprint density at radius 3 is 2.62 bits per heavy atom. The highest BCUT2D eigenvalue weighted by atomic mass is 35.5. The minimum absolute atomic E-state index is 0.00418. The second-order valence-electron chi connectivity index (χ2n) is 10.6. The summed E-state index contributed by atoms with van der Waals surface area (Å²) in [6.07, 6.45) is 7.10. The van der Waals surface area contributed by atoms with Gasteiger partial charge in [-0.1, -0.05) is 54.2 Å². The van der Waals surface area contributed by atoms with Crippen LogP contribution in [0.25, 0.3) is 11.3 Å². The molecule has 2 aromatic carbocycles. The zero-order valence-electron chi connectivity index (χ0n) is 22.2. The number of rotatable bonds is 8. The average molecular weight is 571 g/mol. The Labute approximate surface area is 237 Å². The van der Waals surface area contributed by atoms with Crippen molar-refractivity contribution in [1.82, 2.24) is 20.7 Å². The largest absolute Gasteiger partial charge is 0.355 e. The monoisotopic (exact) mass is 570 g/mol. The molecule has 40 heavy (non-hydrogen) atoms. The molecule has 10 heteroatoms. The fraction of sp³-hybridized carbons (Fsp3) is 0.433. The van der Waals surface area contributed by atoms with Crippen molar-refractivity contribution in [3.05, 3.63) is 76.4 Å². The van der Waals surface area contributed by atoms with Crippen molar-refractivity contribution in [2.45, 2.75) is 57.0 Å². The summed E-state index contributed by atoms with van der Waals surface area (Å²) in [6.45, 7) is 1.77. The lowest BCUT2D eigenvalue weighted by atomic mass is 9.87. The molecule has 5 rings (SSSR count). The van der Waals surface area contributed by atoms with Gasteiger partial charge in [-0.15, -0.1) is 0 Å². The third-order valence-corrected chi connectivity index (χ3v) is 8.35. The zero-order valence-corrected chi connectivity index (χ0v) is 22.9. The van der Waals surface area contributed by atoms with Crippen LogP contribution in [0.4, 0.5) is 8.78 Å². The maximum atomic E-state index is 14.2. The average Bonchev–Trinajstić information content (AvgIpc) is 3.45. The molecule has 3 aromatic rings. The number of hydrogen-bond acceptors (Lipinski definition) is 5. The molecule has 1 saturated carbocycles. The molecular weight excluding hydrogens is 538 g/mol. The van der Waals surface area contributed by atoms with E-state index in [4.69, 9.17) is 16.1 Å². The normalized spacial score (nSPS) is 20.3. The zero-order chi connectivity index (χ0) is 28.1. The van der Waals surface area contributed by atoms with Crippen LogP contribution in [0.1, 0.15) is 54.6 Å². The van der Waals surface area contributed by atoms with Gasteiger partial charge < -0.3 is 15.2 Å². The van der Waals surface area contributed by atoms with E-state index in [2.05, 4.69) is 20.7 Å². The van der Waals surface area contributed by atoms with Crippen LogP contribution < -0.4 is 10.6 Å². The quantitative estimate of drug-likeness (QED) is 0.379. The summed E-state index contributed by atoms with van der Waals surface area (Å²) in [5.41, 5.74) is 0.928. The second-order valence-corrected chi connectivity index (χ2v) is 11.0. The van der Waals surface area contributed by atoms with Gasteiger partial charge in [-0.2, -0.15) is 0 Å². The Balaban J connectivity index is 1.26. The van der Waals surface area contributed by atoms with Crippen LogP contribution in [-0.4, -0.2) is 53.6 Å². The smallest absolute Gasteiger partial charge is 0.273 e. The van der Waals surface area contributed by atoms with Crippen LogP contribution in [-0.2, 0) is 11.2 Å². The molecule has 212 valence electrons. The van der Waals surface area contributed by atoms with Crippen molar-refractivity contribution in [3.8, 4) is 11.3 Å². The lowest BCUT2D eigenvalue weighted by Crippen LogP contribution is -2.58. The molecule has 2 atom stereocenters. The summed E-state index contributed by atoms with van der Waals surface area (Å²) in [5, 5.41) is 10.5. The Hall–Kier alpha value is -3.30. The molecule has 2 heterocycles. The number of piperidine rings is 1. The molecule has 1 aromatic heterocycles. The maximum Gasteiger partial charge on any atom is 0.273 e. The fourth-order valence-corrected chi connectivity index (χ4v) is 6.02. The number of nitrogens with zero attached hydrogens (tertiary/aromatic N) is 2. The fourth-order valence-electron chi connectivity index (χ4n) is 5.79. The molecule has 2 unspecified atom stereocenters. The van der Waals surface area contributed by atoms with Crippen molar-refractivity contribution >= 4 is 23.4 Å². The van der Waals surface area contributed by atoms with Gasteiger partial charge in [0.05, 0.1) is 11.5 Å². The van der Waals surface area contributed by atoms with Crippen LogP contribution in [0.3, 0.4) is 0 Å². The number of benzene rings is 2. The molecule has 0 bridgehead atoms. The van der Waals surface area contributed by atoms with Gasteiger partial charge in [0, 0.05) is 48.9 Å². The first kappa shape index (κ1) is 28.2. The predicted octanol–water partition coefficient (Wildman–Crippen LogP) is 5.39. The first-order valence-corrected chi connectivity index (χ1v) is 14.2. The van der Waals surface area contributed by atoms with Gasteiger partial charge in [-0.05, 0) is 49.4 Å². The van der Waals surface area contributed by atoms with Gasteiger partial charge in [0.25, 0.3) is 5.91 Å². The molecular formula is C30H33ClF2N4O3. The van der Waals surface area contributed by atoms with Crippen molar-refractivity contribution < 1.29 is 22.9 Å². The lowest BCUT2D eigenvalue weighted by Gasteiger charge is -2.43. The number of hydrogen-bond donors (Lipinski definition) is 2. The summed E-state index contributed by atoms with van der Waals surface area (Å²) in [5.74, 6) is -2.59. The molecule has 1 aliphatic heterocycles. The van der Waals surface area contributed by atoms with E-state index in [9.17, 15) is 18.4 Å². The van der Waals surface area contributed by atoms with E-state index < -0.39 is 29.5 Å². The first-order valence-electron chi connectivity index (χ1n) is 13.9. The second kappa shape index (κ2) is 12.9. The molecule has 2 amide bonds. The Morgan fingerprint density at radius 2 is 1.85 bits per heavy atom. The van der Waals surface area contributed by atoms with Crippen LogP contribution in [0.2, 0.25) is 5.02 Å². The number of likely N-dealkylation sites (tertiary alicyclic amines) is 1. The lowest BCUT2D eigenvalue weighted by molar-refractivity contribution is -0.128. The summed E-state index contributed by atoms with van der Waals surface area (Å²) < 4.78 is 32.7. The molecule has 1 saturated heterocycles. The van der Waals surface area contributed by atoms with E-state index in [0.29, 0.717) is 37.0 Å². The summed E-state index contributed by atoms with van der Waals surface area (Å²) >= 11 is 6.27. The summed E-state index contributed by atoms with van der Waals surface area (Å²) in [4.78, 5) is 29.0. The third kappa shape index (κ3) is 6.70. The molecule has 2 fully saturated rings. The number of carbonyl (C=O) groups is 2. The number of aromatic nitrogens is 1. The molecule has 7 nitrogen and oxygen atoms in total. The molecule has 2 N–H and O–H groups in total. The van der Waals surface area contributed by atoms with Gasteiger partial charge in [0.15, 0.2) is 11.5 Å². The van der Waals surface area contributed by atoms with Crippen molar-refractivity contribution in [3.63, 3.8) is 0 Å². The summed E-state index contributed by atoms with van der Waals surface area (Å²) in [7, 11) is 0.